The molecule has 6 nitrogen and oxygen atoms in total. The molecule has 1 amide bonds. The number of quaternary nitrogens is 1. The highest BCUT2D eigenvalue weighted by molar-refractivity contribution is 6.02. The summed E-state index contributed by atoms with van der Waals surface area (Å²) in [5.41, 5.74) is 4.81. The van der Waals surface area contributed by atoms with Crippen LogP contribution in [0.15, 0.2) is 71.8 Å². The lowest BCUT2D eigenvalue weighted by Gasteiger charge is -2.31. The van der Waals surface area contributed by atoms with Crippen LogP contribution in [-0.4, -0.2) is 43.0 Å². The van der Waals surface area contributed by atoms with E-state index in [1.165, 1.54) is 4.90 Å². The first-order valence-corrected chi connectivity index (χ1v) is 10.2. The Bertz CT molecular complexity index is 1060. The first-order chi connectivity index (χ1) is 14.6. The lowest BCUT2D eigenvalue weighted by molar-refractivity contribution is -0.928. The number of benzene rings is 3. The fourth-order valence-electron chi connectivity index (χ4n) is 4.01. The summed E-state index contributed by atoms with van der Waals surface area (Å²) < 4.78 is 5.51. The van der Waals surface area contributed by atoms with E-state index in [1.807, 2.05) is 49.4 Å². The highest BCUT2D eigenvalue weighted by Crippen LogP contribution is 2.25. The van der Waals surface area contributed by atoms with Crippen LogP contribution in [0.2, 0.25) is 0 Å². The molecule has 0 radical (unpaired) electrons. The normalized spacial score (nSPS) is 16.4. The van der Waals surface area contributed by atoms with Gasteiger partial charge in [0.15, 0.2) is 6.04 Å². The highest BCUT2D eigenvalue weighted by atomic mass is 16.5. The molecule has 0 aromatic heterocycles. The average molecular weight is 404 g/mol. The van der Waals surface area contributed by atoms with Crippen molar-refractivity contribution in [2.75, 3.05) is 26.3 Å². The van der Waals surface area contributed by atoms with Crippen LogP contribution in [0, 0.1) is 0 Å². The number of ether oxygens (including phenoxy) is 1. The largest absolute Gasteiger partial charge is 0.507 e. The predicted molar refractivity (Wildman–Crippen MR) is 117 cm³/mol. The molecule has 1 fully saturated rings. The number of amides is 1. The van der Waals surface area contributed by atoms with Gasteiger partial charge >= 0.3 is 0 Å². The van der Waals surface area contributed by atoms with Crippen LogP contribution >= 0.6 is 0 Å². The van der Waals surface area contributed by atoms with Crippen molar-refractivity contribution in [2.24, 2.45) is 5.10 Å². The van der Waals surface area contributed by atoms with E-state index in [4.69, 9.17) is 4.74 Å². The number of hydrogen-bond donors (Lipinski definition) is 3. The van der Waals surface area contributed by atoms with E-state index in [-0.39, 0.29) is 17.4 Å². The quantitative estimate of drug-likeness (QED) is 0.451. The van der Waals surface area contributed by atoms with Gasteiger partial charge in [-0.05, 0) is 29.8 Å². The number of nitrogens with one attached hydrogen (secondary N) is 2. The Morgan fingerprint density at radius 1 is 1.03 bits per heavy atom. The summed E-state index contributed by atoms with van der Waals surface area (Å²) in [6, 6.07) is 21.1. The van der Waals surface area contributed by atoms with Crippen LogP contribution in [0.3, 0.4) is 0 Å². The smallest absolute Gasteiger partial charge is 0.275 e. The fraction of sp³-hybridized carbons (Fsp3) is 0.250. The number of carbonyl (C=O) groups excluding carboxylic acids is 1. The van der Waals surface area contributed by atoms with Gasteiger partial charge in [-0.2, -0.15) is 5.10 Å². The van der Waals surface area contributed by atoms with Crippen LogP contribution in [0.1, 0.15) is 28.9 Å². The molecule has 0 bridgehead atoms. The Labute approximate surface area is 175 Å². The Balaban J connectivity index is 1.58. The Hall–Kier alpha value is -3.22. The number of carbonyl (C=O) groups is 1. The summed E-state index contributed by atoms with van der Waals surface area (Å²) in [7, 11) is 0. The number of phenols is 1. The number of nitrogens with zero attached hydrogens (tertiary/aromatic N) is 1. The molecule has 3 aromatic rings. The minimum Gasteiger partial charge on any atom is -0.507 e. The summed E-state index contributed by atoms with van der Waals surface area (Å²) in [5.74, 6) is -0.487. The average Bonchev–Trinajstić information content (AvgIpc) is 2.78. The van der Waals surface area contributed by atoms with E-state index >= 15 is 0 Å². The van der Waals surface area contributed by atoms with E-state index in [2.05, 4.69) is 22.7 Å². The van der Waals surface area contributed by atoms with Crippen LogP contribution in [0.4, 0.5) is 0 Å². The summed E-state index contributed by atoms with van der Waals surface area (Å²) in [6.45, 7) is 5.12. The van der Waals surface area contributed by atoms with Gasteiger partial charge in [-0.1, -0.05) is 54.6 Å². The van der Waals surface area contributed by atoms with Gasteiger partial charge in [-0.25, -0.2) is 5.43 Å². The lowest BCUT2D eigenvalue weighted by atomic mass is 10.0. The summed E-state index contributed by atoms with van der Waals surface area (Å²) in [4.78, 5) is 14.1. The van der Waals surface area contributed by atoms with Crippen molar-refractivity contribution in [3.63, 3.8) is 0 Å². The maximum atomic E-state index is 12.7. The second-order valence-corrected chi connectivity index (χ2v) is 7.52. The molecule has 1 aliphatic rings. The van der Waals surface area contributed by atoms with Crippen molar-refractivity contribution in [3.8, 4) is 5.75 Å². The molecule has 0 aliphatic carbocycles. The first kappa shape index (κ1) is 20.1. The molecular formula is C24H26N3O3+. The van der Waals surface area contributed by atoms with Crippen molar-refractivity contribution in [1.29, 1.82) is 0 Å². The number of phenolic OH excluding ortho intramolecular Hbond substituents is 1. The number of rotatable bonds is 5. The highest BCUT2D eigenvalue weighted by Gasteiger charge is 2.29. The SMILES string of the molecule is C/C(=N/NC(=O)c1cc2ccccc2cc1O)[C@H](c1ccccc1)[NH+]1CCOCC1. The second kappa shape index (κ2) is 9.07. The number of morpholine rings is 1. The van der Waals surface area contributed by atoms with E-state index in [0.29, 0.717) is 13.2 Å². The molecule has 1 heterocycles. The molecule has 1 atom stereocenters. The molecule has 0 spiro atoms. The Morgan fingerprint density at radius 3 is 2.37 bits per heavy atom. The monoisotopic (exact) mass is 404 g/mol. The van der Waals surface area contributed by atoms with E-state index in [0.717, 1.165) is 35.1 Å². The van der Waals surface area contributed by atoms with E-state index < -0.39 is 5.91 Å². The number of hydrazone groups is 1. The zero-order valence-electron chi connectivity index (χ0n) is 17.0. The summed E-state index contributed by atoms with van der Waals surface area (Å²) in [6.07, 6.45) is 0. The Kier molecular flexibility index (Phi) is 6.07. The van der Waals surface area contributed by atoms with Gasteiger partial charge < -0.3 is 14.7 Å². The Morgan fingerprint density at radius 2 is 1.67 bits per heavy atom. The molecule has 4 rings (SSSR count). The van der Waals surface area contributed by atoms with Crippen molar-refractivity contribution >= 4 is 22.4 Å². The van der Waals surface area contributed by atoms with Crippen molar-refractivity contribution < 1.29 is 19.5 Å². The number of fused-ring (bicyclic) bond motifs is 1. The van der Waals surface area contributed by atoms with Crippen molar-refractivity contribution in [1.82, 2.24) is 5.43 Å². The second-order valence-electron chi connectivity index (χ2n) is 7.52. The molecule has 0 unspecified atom stereocenters. The molecule has 0 saturated carbocycles. The van der Waals surface area contributed by atoms with Crippen LogP contribution in [-0.2, 0) is 4.74 Å². The molecule has 3 N–H and O–H groups in total. The van der Waals surface area contributed by atoms with Gasteiger partial charge in [0.05, 0.1) is 24.5 Å². The van der Waals surface area contributed by atoms with Crippen LogP contribution in [0.5, 0.6) is 5.75 Å². The third-order valence-corrected chi connectivity index (χ3v) is 5.54. The number of hydrogen-bond acceptors (Lipinski definition) is 4. The fourth-order valence-corrected chi connectivity index (χ4v) is 4.01. The van der Waals surface area contributed by atoms with Gasteiger partial charge in [0.25, 0.3) is 5.91 Å². The van der Waals surface area contributed by atoms with Crippen molar-refractivity contribution in [3.05, 3.63) is 77.9 Å². The van der Waals surface area contributed by atoms with Crippen LogP contribution in [0.25, 0.3) is 10.8 Å². The van der Waals surface area contributed by atoms with Gasteiger partial charge in [0.1, 0.15) is 18.8 Å². The molecule has 30 heavy (non-hydrogen) atoms. The molecule has 154 valence electrons. The molecule has 3 aromatic carbocycles. The van der Waals surface area contributed by atoms with Gasteiger partial charge in [0, 0.05) is 5.56 Å². The summed E-state index contributed by atoms with van der Waals surface area (Å²) in [5, 5.41) is 16.5. The molecule has 6 heteroatoms. The van der Waals surface area contributed by atoms with Crippen LogP contribution < -0.4 is 10.3 Å². The topological polar surface area (TPSA) is 75.4 Å². The van der Waals surface area contributed by atoms with Crippen molar-refractivity contribution in [2.45, 2.75) is 13.0 Å². The predicted octanol–water partition coefficient (Wildman–Crippen LogP) is 2.31. The number of aromatic hydroxyl groups is 1. The van der Waals surface area contributed by atoms with Gasteiger partial charge in [-0.3, -0.25) is 4.79 Å². The maximum Gasteiger partial charge on any atom is 0.275 e. The zero-order chi connectivity index (χ0) is 20.9. The van der Waals surface area contributed by atoms with Gasteiger partial charge in [0.2, 0.25) is 0 Å². The minimum atomic E-state index is -0.429. The minimum absolute atomic E-state index is 0.0283. The lowest BCUT2D eigenvalue weighted by Crippen LogP contribution is -3.15. The third-order valence-electron chi connectivity index (χ3n) is 5.54. The standard InChI is InChI=1S/C24H25N3O3/c1-17(23(18-7-3-2-4-8-18)27-11-13-30-14-12-27)25-26-24(29)21-15-19-9-5-6-10-20(19)16-22(21)28/h2-10,15-16,23,28H,11-14H2,1H3,(H,26,29)/p+1/b25-17-/t23-/m1/s1. The molecule has 1 saturated heterocycles. The third kappa shape index (κ3) is 4.35. The first-order valence-electron chi connectivity index (χ1n) is 10.2. The maximum absolute atomic E-state index is 12.7. The zero-order valence-corrected chi connectivity index (χ0v) is 17.0. The molecule has 1 aliphatic heterocycles. The summed E-state index contributed by atoms with van der Waals surface area (Å²) >= 11 is 0. The van der Waals surface area contributed by atoms with Gasteiger partial charge in [-0.15, -0.1) is 0 Å². The van der Waals surface area contributed by atoms with E-state index in [9.17, 15) is 9.90 Å². The van der Waals surface area contributed by atoms with E-state index in [1.54, 1.807) is 12.1 Å². The molecular weight excluding hydrogens is 378 g/mol.